The fraction of sp³-hybridized carbons (Fsp3) is 0.895. The van der Waals surface area contributed by atoms with E-state index in [9.17, 15) is 14.7 Å². The van der Waals surface area contributed by atoms with Gasteiger partial charge in [-0.15, -0.1) is 11.8 Å². The number of ether oxygens (including phenoxy) is 1. The highest BCUT2D eigenvalue weighted by molar-refractivity contribution is 8.00. The molecule has 1 N–H and O–H groups in total. The van der Waals surface area contributed by atoms with Crippen molar-refractivity contribution in [2.75, 3.05) is 19.4 Å². The molecule has 0 aromatic rings. The Hall–Kier alpha value is -0.750. The van der Waals surface area contributed by atoms with Crippen LogP contribution in [0.4, 0.5) is 0 Å². The Labute approximate surface area is 156 Å². The maximum absolute atomic E-state index is 12.1. The van der Waals surface area contributed by atoms with Crippen LogP contribution >= 0.6 is 11.8 Å². The average Bonchev–Trinajstić information content (AvgIpc) is 2.96. The van der Waals surface area contributed by atoms with E-state index in [4.69, 9.17) is 0 Å². The van der Waals surface area contributed by atoms with Crippen LogP contribution in [0.1, 0.15) is 77.6 Å². The van der Waals surface area contributed by atoms with Crippen molar-refractivity contribution in [3.05, 3.63) is 0 Å². The van der Waals surface area contributed by atoms with Gasteiger partial charge in [0, 0.05) is 13.0 Å². The first-order chi connectivity index (χ1) is 12.1. The van der Waals surface area contributed by atoms with Gasteiger partial charge in [0.1, 0.15) is 0 Å². The fourth-order valence-electron chi connectivity index (χ4n) is 3.12. The molecule has 1 unspecified atom stereocenters. The molecule has 1 fully saturated rings. The third-order valence-electron chi connectivity index (χ3n) is 4.72. The van der Waals surface area contributed by atoms with Crippen molar-refractivity contribution in [3.8, 4) is 0 Å². The number of esters is 1. The van der Waals surface area contributed by atoms with E-state index < -0.39 is 0 Å². The first-order valence-corrected chi connectivity index (χ1v) is 10.8. The normalized spacial score (nSPS) is 18.6. The quantitative estimate of drug-likeness (QED) is 0.371. The molecule has 1 aliphatic heterocycles. The van der Waals surface area contributed by atoms with Gasteiger partial charge in [0.05, 0.1) is 24.3 Å². The predicted octanol–water partition coefficient (Wildman–Crippen LogP) is 3.73. The van der Waals surface area contributed by atoms with Crippen molar-refractivity contribution in [1.82, 2.24) is 4.90 Å². The number of carbonyl (C=O) groups is 2. The van der Waals surface area contributed by atoms with Gasteiger partial charge in [-0.2, -0.15) is 0 Å². The summed E-state index contributed by atoms with van der Waals surface area (Å²) in [5, 5.41) is 10.3. The number of carbonyl (C=O) groups excluding carboxylic acids is 2. The van der Waals surface area contributed by atoms with E-state index in [1.807, 2.05) is 4.90 Å². The van der Waals surface area contributed by atoms with Gasteiger partial charge in [0.25, 0.3) is 0 Å². The SMILES string of the molecule is CCCCC[C@H](O)CCN1C(=O)CSC1CCCCCCC(=O)OC. The summed E-state index contributed by atoms with van der Waals surface area (Å²) in [5.74, 6) is 0.640. The number of aliphatic hydroxyl groups is 1. The molecule has 0 aromatic heterocycles. The van der Waals surface area contributed by atoms with E-state index in [2.05, 4.69) is 11.7 Å². The third-order valence-corrected chi connectivity index (χ3v) is 6.01. The first kappa shape index (κ1) is 22.3. The molecule has 0 radical (unpaired) electrons. The Morgan fingerprint density at radius 2 is 2.00 bits per heavy atom. The Bertz CT molecular complexity index is 392. The average molecular weight is 374 g/mol. The van der Waals surface area contributed by atoms with Crippen molar-refractivity contribution in [3.63, 3.8) is 0 Å². The van der Waals surface area contributed by atoms with Gasteiger partial charge in [0.2, 0.25) is 5.91 Å². The smallest absolute Gasteiger partial charge is 0.305 e. The molecular weight excluding hydrogens is 338 g/mol. The first-order valence-electron chi connectivity index (χ1n) is 9.74. The molecule has 1 aliphatic rings. The highest BCUT2D eigenvalue weighted by Crippen LogP contribution is 2.29. The van der Waals surface area contributed by atoms with E-state index in [0.717, 1.165) is 57.8 Å². The molecule has 0 spiro atoms. The Balaban J connectivity index is 2.18. The van der Waals surface area contributed by atoms with Crippen molar-refractivity contribution >= 4 is 23.6 Å². The number of hydrogen-bond donors (Lipinski definition) is 1. The zero-order chi connectivity index (χ0) is 18.5. The lowest BCUT2D eigenvalue weighted by Gasteiger charge is -2.25. The molecule has 6 heteroatoms. The monoisotopic (exact) mass is 373 g/mol. The predicted molar refractivity (Wildman–Crippen MR) is 102 cm³/mol. The summed E-state index contributed by atoms with van der Waals surface area (Å²) in [4.78, 5) is 25.1. The van der Waals surface area contributed by atoms with Crippen molar-refractivity contribution in [1.29, 1.82) is 0 Å². The molecule has 0 bridgehead atoms. The van der Waals surface area contributed by atoms with Crippen molar-refractivity contribution in [2.24, 2.45) is 0 Å². The van der Waals surface area contributed by atoms with Crippen LogP contribution in [0.3, 0.4) is 0 Å². The van der Waals surface area contributed by atoms with E-state index in [-0.39, 0.29) is 23.4 Å². The summed E-state index contributed by atoms with van der Waals surface area (Å²) in [5.41, 5.74) is 0. The Morgan fingerprint density at radius 1 is 1.24 bits per heavy atom. The Kier molecular flexibility index (Phi) is 12.0. The van der Waals surface area contributed by atoms with E-state index in [1.165, 1.54) is 7.11 Å². The molecule has 0 aliphatic carbocycles. The molecule has 1 rings (SSSR count). The maximum Gasteiger partial charge on any atom is 0.305 e. The van der Waals surface area contributed by atoms with Crippen LogP contribution in [0.25, 0.3) is 0 Å². The van der Waals surface area contributed by atoms with Crippen LogP contribution in [-0.4, -0.2) is 52.8 Å². The number of amides is 1. The topological polar surface area (TPSA) is 66.8 Å². The number of thioether (sulfide) groups is 1. The minimum atomic E-state index is -0.288. The minimum absolute atomic E-state index is 0.138. The highest BCUT2D eigenvalue weighted by atomic mass is 32.2. The zero-order valence-electron chi connectivity index (χ0n) is 15.9. The van der Waals surface area contributed by atoms with Gasteiger partial charge in [-0.25, -0.2) is 0 Å². The molecule has 1 amide bonds. The number of unbranched alkanes of at least 4 members (excludes halogenated alkanes) is 5. The highest BCUT2D eigenvalue weighted by Gasteiger charge is 2.30. The summed E-state index contributed by atoms with van der Waals surface area (Å²) in [6, 6.07) is 0. The number of hydrogen-bond acceptors (Lipinski definition) is 5. The number of aliphatic hydroxyl groups excluding tert-OH is 1. The van der Waals surface area contributed by atoms with Gasteiger partial charge in [0.15, 0.2) is 0 Å². The summed E-state index contributed by atoms with van der Waals surface area (Å²) in [6.07, 6.45) is 10.2. The molecule has 5 nitrogen and oxygen atoms in total. The number of nitrogens with zero attached hydrogens (tertiary/aromatic N) is 1. The van der Waals surface area contributed by atoms with E-state index in [0.29, 0.717) is 25.1 Å². The summed E-state index contributed by atoms with van der Waals surface area (Å²) in [6.45, 7) is 2.83. The van der Waals surface area contributed by atoms with Gasteiger partial charge in [-0.1, -0.05) is 45.4 Å². The maximum atomic E-state index is 12.1. The largest absolute Gasteiger partial charge is 0.469 e. The lowest BCUT2D eigenvalue weighted by Crippen LogP contribution is -2.35. The summed E-state index contributed by atoms with van der Waals surface area (Å²) >= 11 is 1.72. The van der Waals surface area contributed by atoms with Crippen LogP contribution in [0.2, 0.25) is 0 Å². The van der Waals surface area contributed by atoms with Crippen molar-refractivity contribution in [2.45, 2.75) is 89.0 Å². The van der Waals surface area contributed by atoms with E-state index in [1.54, 1.807) is 11.8 Å². The van der Waals surface area contributed by atoms with Crippen LogP contribution in [-0.2, 0) is 14.3 Å². The second-order valence-corrected chi connectivity index (χ2v) is 7.99. The van der Waals surface area contributed by atoms with Gasteiger partial charge in [-0.3, -0.25) is 9.59 Å². The third kappa shape index (κ3) is 9.50. The Morgan fingerprint density at radius 3 is 2.72 bits per heavy atom. The lowest BCUT2D eigenvalue weighted by atomic mass is 10.1. The van der Waals surface area contributed by atoms with Crippen LogP contribution in [0.15, 0.2) is 0 Å². The fourth-order valence-corrected chi connectivity index (χ4v) is 4.35. The number of rotatable bonds is 14. The molecule has 1 saturated heterocycles. The molecule has 0 saturated carbocycles. The molecule has 2 atom stereocenters. The van der Waals surface area contributed by atoms with Gasteiger partial charge >= 0.3 is 5.97 Å². The molecular formula is C19H35NO4S. The second kappa shape index (κ2) is 13.5. The van der Waals surface area contributed by atoms with Crippen LogP contribution in [0.5, 0.6) is 0 Å². The second-order valence-electron chi connectivity index (χ2n) is 6.82. The van der Waals surface area contributed by atoms with Gasteiger partial charge < -0.3 is 14.7 Å². The van der Waals surface area contributed by atoms with Crippen LogP contribution in [0, 0.1) is 0 Å². The zero-order valence-corrected chi connectivity index (χ0v) is 16.7. The molecule has 146 valence electrons. The van der Waals surface area contributed by atoms with Crippen LogP contribution < -0.4 is 0 Å². The molecule has 1 heterocycles. The summed E-state index contributed by atoms with van der Waals surface area (Å²) in [7, 11) is 1.42. The standard InChI is InChI=1S/C19H35NO4S/c1-3-4-7-10-16(21)13-14-20-17(22)15-25-18(20)11-8-5-6-9-12-19(23)24-2/h16,18,21H,3-15H2,1-2H3/t16-,18?/m0/s1. The summed E-state index contributed by atoms with van der Waals surface area (Å²) < 4.78 is 4.63. The minimum Gasteiger partial charge on any atom is -0.469 e. The molecule has 0 aromatic carbocycles. The lowest BCUT2D eigenvalue weighted by molar-refractivity contribution is -0.140. The number of methoxy groups -OCH3 is 1. The van der Waals surface area contributed by atoms with Gasteiger partial charge in [-0.05, 0) is 25.7 Å². The van der Waals surface area contributed by atoms with E-state index >= 15 is 0 Å². The van der Waals surface area contributed by atoms with Crippen molar-refractivity contribution < 1.29 is 19.4 Å². The molecule has 25 heavy (non-hydrogen) atoms.